The summed E-state index contributed by atoms with van der Waals surface area (Å²) in [5.41, 5.74) is 2.66. The van der Waals surface area contributed by atoms with Gasteiger partial charge in [0.25, 0.3) is 11.9 Å². The van der Waals surface area contributed by atoms with Crippen molar-refractivity contribution in [1.82, 2.24) is 20.2 Å². The van der Waals surface area contributed by atoms with Crippen molar-refractivity contribution < 1.29 is 4.79 Å². The zero-order valence-electron chi connectivity index (χ0n) is 9.93. The van der Waals surface area contributed by atoms with Crippen molar-refractivity contribution in [3.8, 4) is 0 Å². The topological polar surface area (TPSA) is 72.7 Å². The van der Waals surface area contributed by atoms with Crippen molar-refractivity contribution in [1.29, 1.82) is 0 Å². The summed E-state index contributed by atoms with van der Waals surface area (Å²) >= 11 is 0. The number of amides is 1. The molecule has 0 radical (unpaired) electrons. The van der Waals surface area contributed by atoms with Crippen molar-refractivity contribution in [2.45, 2.75) is 13.8 Å². The Labute approximate surface area is 98.6 Å². The molecule has 0 saturated carbocycles. The second kappa shape index (κ2) is 4.32. The molecule has 0 unspecified atom stereocenters. The number of hydrogen-bond acceptors (Lipinski definition) is 4. The van der Waals surface area contributed by atoms with Gasteiger partial charge in [0.2, 0.25) is 0 Å². The van der Waals surface area contributed by atoms with E-state index in [1.54, 1.807) is 13.1 Å². The number of rotatable bonds is 2. The molecule has 2 rings (SSSR count). The van der Waals surface area contributed by atoms with Gasteiger partial charge in [0.05, 0.1) is 7.05 Å². The highest BCUT2D eigenvalue weighted by atomic mass is 16.1. The minimum Gasteiger partial charge on any atom is -0.288 e. The zero-order valence-corrected chi connectivity index (χ0v) is 9.93. The van der Waals surface area contributed by atoms with Crippen LogP contribution in [0.2, 0.25) is 0 Å². The van der Waals surface area contributed by atoms with Crippen molar-refractivity contribution in [2.24, 2.45) is 7.05 Å². The Morgan fingerprint density at radius 2 is 2.12 bits per heavy atom. The summed E-state index contributed by atoms with van der Waals surface area (Å²) in [6, 6.07) is 5.64. The Hall–Kier alpha value is -2.24. The first kappa shape index (κ1) is 11.3. The molecule has 6 heteroatoms. The molecule has 0 spiro atoms. The summed E-state index contributed by atoms with van der Waals surface area (Å²) in [5.74, 6) is -0.0204. The highest BCUT2D eigenvalue weighted by molar-refractivity contribution is 6.04. The molecule has 1 aromatic heterocycles. The van der Waals surface area contributed by atoms with E-state index in [-0.39, 0.29) is 11.9 Å². The number of hydrogen-bond donors (Lipinski definition) is 1. The number of nitrogens with one attached hydrogen (secondary N) is 1. The molecule has 0 atom stereocenters. The van der Waals surface area contributed by atoms with Crippen LogP contribution in [0, 0.1) is 13.8 Å². The van der Waals surface area contributed by atoms with Gasteiger partial charge in [-0.2, -0.15) is 4.80 Å². The number of anilines is 1. The highest BCUT2D eigenvalue weighted by Crippen LogP contribution is 2.11. The molecule has 0 fully saturated rings. The van der Waals surface area contributed by atoms with Crippen molar-refractivity contribution >= 4 is 11.9 Å². The zero-order chi connectivity index (χ0) is 12.4. The molecule has 88 valence electrons. The predicted molar refractivity (Wildman–Crippen MR) is 62.7 cm³/mol. The number of tetrazole rings is 1. The third kappa shape index (κ3) is 2.47. The van der Waals surface area contributed by atoms with Gasteiger partial charge in [-0.1, -0.05) is 22.8 Å². The van der Waals surface area contributed by atoms with Gasteiger partial charge in [0.1, 0.15) is 0 Å². The summed E-state index contributed by atoms with van der Waals surface area (Å²) in [6.45, 7) is 3.88. The van der Waals surface area contributed by atoms with E-state index in [4.69, 9.17) is 0 Å². The van der Waals surface area contributed by atoms with E-state index in [9.17, 15) is 4.79 Å². The van der Waals surface area contributed by atoms with Gasteiger partial charge in [-0.25, -0.2) is 0 Å². The van der Waals surface area contributed by atoms with Crippen LogP contribution in [-0.2, 0) is 7.05 Å². The average Bonchev–Trinajstić information content (AvgIpc) is 2.63. The number of carbonyl (C=O) groups is 1. The van der Waals surface area contributed by atoms with E-state index >= 15 is 0 Å². The molecular weight excluding hydrogens is 218 g/mol. The van der Waals surface area contributed by atoms with Crippen LogP contribution in [0.25, 0.3) is 0 Å². The van der Waals surface area contributed by atoms with Gasteiger partial charge < -0.3 is 0 Å². The molecule has 0 aliphatic rings. The van der Waals surface area contributed by atoms with E-state index in [1.807, 2.05) is 26.0 Å². The molecule has 0 aliphatic heterocycles. The van der Waals surface area contributed by atoms with Crippen LogP contribution in [0.1, 0.15) is 21.5 Å². The first-order valence-corrected chi connectivity index (χ1v) is 5.19. The lowest BCUT2D eigenvalue weighted by Gasteiger charge is -2.05. The smallest absolute Gasteiger partial charge is 0.270 e. The van der Waals surface area contributed by atoms with Crippen LogP contribution in [0.15, 0.2) is 18.2 Å². The van der Waals surface area contributed by atoms with Crippen molar-refractivity contribution in [2.75, 3.05) is 5.32 Å². The fourth-order valence-electron chi connectivity index (χ4n) is 1.57. The lowest BCUT2D eigenvalue weighted by atomic mass is 10.1. The molecule has 1 heterocycles. The summed E-state index contributed by atoms with van der Waals surface area (Å²) in [4.78, 5) is 13.2. The molecule has 0 saturated heterocycles. The van der Waals surface area contributed by atoms with Gasteiger partial charge in [-0.05, 0) is 30.7 Å². The van der Waals surface area contributed by atoms with Crippen LogP contribution in [-0.4, -0.2) is 26.1 Å². The fraction of sp³-hybridized carbons (Fsp3) is 0.273. The van der Waals surface area contributed by atoms with Gasteiger partial charge >= 0.3 is 0 Å². The predicted octanol–water partition coefficient (Wildman–Crippen LogP) is 1.08. The second-order valence-electron chi connectivity index (χ2n) is 3.87. The minimum absolute atomic E-state index is 0.206. The Kier molecular flexibility index (Phi) is 2.86. The lowest BCUT2D eigenvalue weighted by Crippen LogP contribution is -2.14. The molecule has 1 N–H and O–H groups in total. The van der Waals surface area contributed by atoms with E-state index in [1.165, 1.54) is 4.80 Å². The highest BCUT2D eigenvalue weighted by Gasteiger charge is 2.11. The maximum atomic E-state index is 11.9. The maximum Gasteiger partial charge on any atom is 0.270 e. The lowest BCUT2D eigenvalue weighted by molar-refractivity contribution is 0.102. The first-order valence-electron chi connectivity index (χ1n) is 5.19. The molecule has 2 aromatic rings. The number of carbonyl (C=O) groups excluding carboxylic acids is 1. The van der Waals surface area contributed by atoms with E-state index in [0.29, 0.717) is 5.56 Å². The minimum atomic E-state index is -0.226. The molecule has 6 nitrogen and oxygen atoms in total. The van der Waals surface area contributed by atoms with E-state index < -0.39 is 0 Å². The molecule has 1 amide bonds. The SMILES string of the molecule is Cc1ccc(C(=O)Nc2nnn(C)n2)c(C)c1. The van der Waals surface area contributed by atoms with E-state index in [2.05, 4.69) is 20.7 Å². The Morgan fingerprint density at radius 3 is 2.71 bits per heavy atom. The molecule has 0 bridgehead atoms. The number of benzene rings is 1. The van der Waals surface area contributed by atoms with Crippen LogP contribution in [0.4, 0.5) is 5.95 Å². The number of aryl methyl sites for hydroxylation is 3. The van der Waals surface area contributed by atoms with Crippen LogP contribution in [0.5, 0.6) is 0 Å². The Balaban J connectivity index is 2.20. The monoisotopic (exact) mass is 231 g/mol. The largest absolute Gasteiger partial charge is 0.288 e. The molecule has 1 aromatic carbocycles. The van der Waals surface area contributed by atoms with Crippen molar-refractivity contribution in [3.05, 3.63) is 34.9 Å². The quantitative estimate of drug-likeness (QED) is 0.839. The molecule has 17 heavy (non-hydrogen) atoms. The average molecular weight is 231 g/mol. The summed E-state index contributed by atoms with van der Waals surface area (Å²) in [5, 5.41) is 13.8. The van der Waals surface area contributed by atoms with Crippen LogP contribution >= 0.6 is 0 Å². The van der Waals surface area contributed by atoms with Gasteiger partial charge in [0.15, 0.2) is 0 Å². The Bertz CT molecular complexity index is 561. The standard InChI is InChI=1S/C11H13N5O/c1-7-4-5-9(8(2)6-7)10(17)12-11-13-15-16(3)14-11/h4-6H,1-3H3,(H,12,14,17). The van der Waals surface area contributed by atoms with Crippen molar-refractivity contribution in [3.63, 3.8) is 0 Å². The van der Waals surface area contributed by atoms with Gasteiger partial charge in [-0.15, -0.1) is 5.10 Å². The van der Waals surface area contributed by atoms with Gasteiger partial charge in [0, 0.05) is 5.56 Å². The Morgan fingerprint density at radius 1 is 1.35 bits per heavy atom. The van der Waals surface area contributed by atoms with E-state index in [0.717, 1.165) is 11.1 Å². The normalized spacial score (nSPS) is 10.3. The summed E-state index contributed by atoms with van der Waals surface area (Å²) in [7, 11) is 1.64. The first-order chi connectivity index (χ1) is 8.06. The molecule has 0 aliphatic carbocycles. The third-order valence-corrected chi connectivity index (χ3v) is 2.36. The maximum absolute atomic E-state index is 11.9. The van der Waals surface area contributed by atoms with Crippen LogP contribution < -0.4 is 5.32 Å². The second-order valence-corrected chi connectivity index (χ2v) is 3.87. The third-order valence-electron chi connectivity index (χ3n) is 2.36. The van der Waals surface area contributed by atoms with Gasteiger partial charge in [-0.3, -0.25) is 10.1 Å². The number of aromatic nitrogens is 4. The fourth-order valence-corrected chi connectivity index (χ4v) is 1.57. The number of nitrogens with zero attached hydrogens (tertiary/aromatic N) is 4. The summed E-state index contributed by atoms with van der Waals surface area (Å²) < 4.78 is 0. The molecular formula is C11H13N5O. The summed E-state index contributed by atoms with van der Waals surface area (Å²) in [6.07, 6.45) is 0. The van der Waals surface area contributed by atoms with Crippen LogP contribution in [0.3, 0.4) is 0 Å².